The van der Waals surface area contributed by atoms with Gasteiger partial charge in [-0.2, -0.15) is 0 Å². The van der Waals surface area contributed by atoms with Crippen LogP contribution in [0.3, 0.4) is 0 Å². The van der Waals surface area contributed by atoms with E-state index < -0.39 is 5.97 Å². The summed E-state index contributed by atoms with van der Waals surface area (Å²) in [5, 5.41) is 3.49. The number of carbonyl (C=O) groups is 2. The molecule has 28 heavy (non-hydrogen) atoms. The van der Waals surface area contributed by atoms with Gasteiger partial charge in [0.2, 0.25) is 0 Å². The molecule has 2 heterocycles. The maximum absolute atomic E-state index is 12.9. The summed E-state index contributed by atoms with van der Waals surface area (Å²) in [7, 11) is 0. The van der Waals surface area contributed by atoms with Crippen molar-refractivity contribution in [3.05, 3.63) is 45.7 Å². The van der Waals surface area contributed by atoms with Crippen LogP contribution in [0, 0.1) is 13.8 Å². The summed E-state index contributed by atoms with van der Waals surface area (Å²) >= 11 is 6.43. The Kier molecular flexibility index (Phi) is 6.26. The van der Waals surface area contributed by atoms with Crippen LogP contribution in [0.4, 0.5) is 11.4 Å². The molecule has 3 rings (SSSR count). The SMILES string of the molecule is CCOC(=O)c1c(C)[nH]c(C(=O)Nc2cccc(Cl)c2N2CCOCC2)c1C. The number of morpholine rings is 1. The number of H-pyrrole nitrogens is 1. The molecule has 150 valence electrons. The van der Waals surface area contributed by atoms with Crippen molar-refractivity contribution in [3.63, 3.8) is 0 Å². The van der Waals surface area contributed by atoms with Gasteiger partial charge < -0.3 is 24.7 Å². The lowest BCUT2D eigenvalue weighted by atomic mass is 10.1. The standard InChI is InChI=1S/C20H24ClN3O4/c1-4-28-20(26)16-12(2)17(22-13(16)3)19(25)23-15-7-5-6-14(21)18(15)24-8-10-27-11-9-24/h5-7,22H,4,8-11H2,1-3H3,(H,23,25). The highest BCUT2D eigenvalue weighted by atomic mass is 35.5. The lowest BCUT2D eigenvalue weighted by Crippen LogP contribution is -2.37. The number of halogens is 1. The first kappa shape index (κ1) is 20.2. The van der Waals surface area contributed by atoms with Gasteiger partial charge >= 0.3 is 5.97 Å². The predicted molar refractivity (Wildman–Crippen MR) is 109 cm³/mol. The second-order valence-corrected chi connectivity index (χ2v) is 6.94. The molecule has 0 saturated carbocycles. The molecule has 7 nitrogen and oxygen atoms in total. The lowest BCUT2D eigenvalue weighted by Gasteiger charge is -2.31. The summed E-state index contributed by atoms with van der Waals surface area (Å²) in [6, 6.07) is 5.40. The zero-order valence-electron chi connectivity index (χ0n) is 16.2. The number of hydrogen-bond donors (Lipinski definition) is 2. The second-order valence-electron chi connectivity index (χ2n) is 6.54. The van der Waals surface area contributed by atoms with Crippen LogP contribution in [0.1, 0.15) is 39.0 Å². The Morgan fingerprint density at radius 2 is 2.00 bits per heavy atom. The van der Waals surface area contributed by atoms with Gasteiger partial charge in [-0.05, 0) is 38.5 Å². The maximum atomic E-state index is 12.9. The Balaban J connectivity index is 1.89. The monoisotopic (exact) mass is 405 g/mol. The highest BCUT2D eigenvalue weighted by Crippen LogP contribution is 2.35. The minimum Gasteiger partial charge on any atom is -0.462 e. The van der Waals surface area contributed by atoms with Gasteiger partial charge in [-0.1, -0.05) is 17.7 Å². The Bertz CT molecular complexity index is 888. The quantitative estimate of drug-likeness (QED) is 0.743. The number of aryl methyl sites for hydroxylation is 1. The summed E-state index contributed by atoms with van der Waals surface area (Å²) in [4.78, 5) is 30.2. The minimum absolute atomic E-state index is 0.274. The van der Waals surface area contributed by atoms with Gasteiger partial charge in [-0.25, -0.2) is 4.79 Å². The van der Waals surface area contributed by atoms with Gasteiger partial charge in [0.25, 0.3) is 5.91 Å². The van der Waals surface area contributed by atoms with E-state index in [1.807, 2.05) is 6.07 Å². The molecule has 0 unspecified atom stereocenters. The lowest BCUT2D eigenvalue weighted by molar-refractivity contribution is 0.0525. The first-order chi connectivity index (χ1) is 13.4. The van der Waals surface area contributed by atoms with Crippen molar-refractivity contribution in [2.24, 2.45) is 0 Å². The van der Waals surface area contributed by atoms with E-state index in [1.165, 1.54) is 0 Å². The van der Waals surface area contributed by atoms with Gasteiger partial charge in [0.1, 0.15) is 5.69 Å². The molecule has 1 aliphatic heterocycles. The van der Waals surface area contributed by atoms with E-state index >= 15 is 0 Å². The van der Waals surface area contributed by atoms with Crippen LogP contribution in [0.2, 0.25) is 5.02 Å². The fourth-order valence-corrected chi connectivity index (χ4v) is 3.69. The van der Waals surface area contributed by atoms with Crippen LogP contribution in [0.15, 0.2) is 18.2 Å². The number of carbonyl (C=O) groups excluding carboxylic acids is 2. The van der Waals surface area contributed by atoms with Crippen molar-refractivity contribution in [1.29, 1.82) is 0 Å². The summed E-state index contributed by atoms with van der Waals surface area (Å²) in [5.41, 5.74) is 3.26. The molecular formula is C20H24ClN3O4. The highest BCUT2D eigenvalue weighted by Gasteiger charge is 2.24. The summed E-state index contributed by atoms with van der Waals surface area (Å²) < 4.78 is 10.5. The number of para-hydroxylation sites is 1. The first-order valence-electron chi connectivity index (χ1n) is 9.22. The molecule has 0 radical (unpaired) electrons. The van der Waals surface area contributed by atoms with E-state index in [-0.39, 0.29) is 12.5 Å². The van der Waals surface area contributed by atoms with Crippen molar-refractivity contribution < 1.29 is 19.1 Å². The molecule has 0 atom stereocenters. The summed E-state index contributed by atoms with van der Waals surface area (Å²) in [6.45, 7) is 8.10. The fraction of sp³-hybridized carbons (Fsp3) is 0.400. The third kappa shape index (κ3) is 4.00. The topological polar surface area (TPSA) is 83.7 Å². The number of aromatic amines is 1. The zero-order valence-corrected chi connectivity index (χ0v) is 17.0. The van der Waals surface area contributed by atoms with Crippen molar-refractivity contribution in [1.82, 2.24) is 4.98 Å². The first-order valence-corrected chi connectivity index (χ1v) is 9.60. The smallest absolute Gasteiger partial charge is 0.340 e. The minimum atomic E-state index is -0.440. The van der Waals surface area contributed by atoms with Gasteiger partial charge in [-0.3, -0.25) is 4.79 Å². The number of benzene rings is 1. The number of nitrogens with one attached hydrogen (secondary N) is 2. The number of amides is 1. The molecule has 1 aromatic heterocycles. The molecule has 0 bridgehead atoms. The molecule has 0 spiro atoms. The van der Waals surface area contributed by atoms with E-state index in [1.54, 1.807) is 32.9 Å². The Hall–Kier alpha value is -2.51. The average molecular weight is 406 g/mol. The molecule has 2 N–H and O–H groups in total. The summed E-state index contributed by atoms with van der Waals surface area (Å²) in [6.07, 6.45) is 0. The van der Waals surface area contributed by atoms with E-state index in [0.717, 1.165) is 5.69 Å². The second kappa shape index (κ2) is 8.67. The van der Waals surface area contributed by atoms with E-state index in [4.69, 9.17) is 21.1 Å². The Morgan fingerprint density at radius 3 is 2.68 bits per heavy atom. The van der Waals surface area contributed by atoms with Crippen LogP contribution in [-0.4, -0.2) is 49.8 Å². The van der Waals surface area contributed by atoms with Crippen LogP contribution in [0.25, 0.3) is 0 Å². The Labute approximate surface area is 169 Å². The molecule has 1 saturated heterocycles. The number of esters is 1. The fourth-order valence-electron chi connectivity index (χ4n) is 3.40. The number of rotatable bonds is 5. The molecule has 1 fully saturated rings. The number of nitrogens with zero attached hydrogens (tertiary/aromatic N) is 1. The molecule has 2 aromatic rings. The van der Waals surface area contributed by atoms with Gasteiger partial charge in [-0.15, -0.1) is 0 Å². The van der Waals surface area contributed by atoms with E-state index in [2.05, 4.69) is 15.2 Å². The predicted octanol–water partition coefficient (Wildman–Crippen LogP) is 3.55. The number of anilines is 2. The van der Waals surface area contributed by atoms with Gasteiger partial charge in [0.15, 0.2) is 0 Å². The van der Waals surface area contributed by atoms with Crippen molar-refractivity contribution >= 4 is 34.9 Å². The highest BCUT2D eigenvalue weighted by molar-refractivity contribution is 6.34. The van der Waals surface area contributed by atoms with Crippen molar-refractivity contribution in [2.75, 3.05) is 43.1 Å². The van der Waals surface area contributed by atoms with Crippen molar-refractivity contribution in [2.45, 2.75) is 20.8 Å². The molecule has 1 aromatic carbocycles. The Morgan fingerprint density at radius 1 is 1.29 bits per heavy atom. The zero-order chi connectivity index (χ0) is 20.3. The number of ether oxygens (including phenoxy) is 2. The average Bonchev–Trinajstić information content (AvgIpc) is 2.97. The molecule has 1 amide bonds. The van der Waals surface area contributed by atoms with Gasteiger partial charge in [0, 0.05) is 18.8 Å². The van der Waals surface area contributed by atoms with Crippen LogP contribution in [0.5, 0.6) is 0 Å². The van der Waals surface area contributed by atoms with Crippen LogP contribution < -0.4 is 10.2 Å². The molecule has 0 aliphatic carbocycles. The molecule has 8 heteroatoms. The van der Waals surface area contributed by atoms with Crippen molar-refractivity contribution in [3.8, 4) is 0 Å². The molecule has 1 aliphatic rings. The van der Waals surface area contributed by atoms with Gasteiger partial charge in [0.05, 0.1) is 41.8 Å². The third-order valence-corrected chi connectivity index (χ3v) is 5.01. The summed E-state index contributed by atoms with van der Waals surface area (Å²) in [5.74, 6) is -0.780. The normalized spacial score (nSPS) is 14.1. The molecular weight excluding hydrogens is 382 g/mol. The largest absolute Gasteiger partial charge is 0.462 e. The maximum Gasteiger partial charge on any atom is 0.340 e. The third-order valence-electron chi connectivity index (χ3n) is 4.71. The number of hydrogen-bond acceptors (Lipinski definition) is 5. The van der Waals surface area contributed by atoms with E-state index in [0.29, 0.717) is 59.5 Å². The van der Waals surface area contributed by atoms with Crippen LogP contribution >= 0.6 is 11.6 Å². The number of aromatic nitrogens is 1. The van der Waals surface area contributed by atoms with E-state index in [9.17, 15) is 9.59 Å². The van der Waals surface area contributed by atoms with Crippen LogP contribution in [-0.2, 0) is 9.47 Å².